The molecule has 3 atom stereocenters. The lowest BCUT2D eigenvalue weighted by Crippen LogP contribution is -2.49. The molecule has 0 saturated carbocycles. The third-order valence-electron chi connectivity index (χ3n) is 6.26. The van der Waals surface area contributed by atoms with E-state index in [4.69, 9.17) is 4.74 Å². The average Bonchev–Trinajstić information content (AvgIpc) is 3.49. The van der Waals surface area contributed by atoms with Crippen LogP contribution in [-0.2, 0) is 33.3 Å². The quantitative estimate of drug-likeness (QED) is 0.385. The summed E-state index contributed by atoms with van der Waals surface area (Å²) in [5, 5.41) is 11.0. The third-order valence-corrected chi connectivity index (χ3v) is 8.27. The average molecular weight is 560 g/mol. The van der Waals surface area contributed by atoms with Crippen LogP contribution in [0.3, 0.4) is 0 Å². The fourth-order valence-electron chi connectivity index (χ4n) is 4.59. The van der Waals surface area contributed by atoms with Gasteiger partial charge in [0.1, 0.15) is 17.4 Å². The molecular weight excluding hydrogens is 533 g/mol. The molecule has 200 valence electrons. The number of morpholine rings is 1. The molecule has 5 rings (SSSR count). The summed E-state index contributed by atoms with van der Waals surface area (Å²) in [4.78, 5) is 37.7. The number of fused-ring (bicyclic) bond motifs is 1. The molecule has 1 fully saturated rings. The first kappa shape index (κ1) is 26.2. The Morgan fingerprint density at radius 2 is 2.00 bits per heavy atom. The van der Waals surface area contributed by atoms with Crippen molar-refractivity contribution in [3.05, 3.63) is 63.4 Å². The predicted molar refractivity (Wildman–Crippen MR) is 140 cm³/mol. The maximum Gasteiger partial charge on any atom is 0.302 e. The third kappa shape index (κ3) is 5.13. The van der Waals surface area contributed by atoms with Crippen molar-refractivity contribution in [3.8, 4) is 16.5 Å². The Balaban J connectivity index is 1.45. The van der Waals surface area contributed by atoms with Crippen LogP contribution in [-0.4, -0.2) is 70.6 Å². The lowest BCUT2D eigenvalue weighted by Gasteiger charge is -2.35. The standard InChI is InChI=1S/C25H26FN5O5S2/c1-14-11-30(12-15(2)36-14)20(32)13-29-6-7-31-24(34)22(33)21(28-25(29)31)23-27-10-18(37-23)8-16-4-5-17(26)9-19(16)38(3)35/h4-7,9-10,14-15,33H,8,11-13H2,1-3H3/t14-,15-,38?/m1/s1. The van der Waals surface area contributed by atoms with E-state index < -0.39 is 27.9 Å². The highest BCUT2D eigenvalue weighted by Crippen LogP contribution is 2.31. The molecule has 1 N–H and O–H groups in total. The molecule has 1 aliphatic heterocycles. The molecular formula is C25H26FN5O5S2. The summed E-state index contributed by atoms with van der Waals surface area (Å²) in [6, 6.07) is 4.15. The van der Waals surface area contributed by atoms with Crippen molar-refractivity contribution >= 4 is 33.8 Å². The van der Waals surface area contributed by atoms with Gasteiger partial charge >= 0.3 is 5.56 Å². The zero-order valence-corrected chi connectivity index (χ0v) is 22.6. The Morgan fingerprint density at radius 3 is 2.71 bits per heavy atom. The van der Waals surface area contributed by atoms with Gasteiger partial charge in [-0.25, -0.2) is 18.8 Å². The van der Waals surface area contributed by atoms with E-state index in [0.717, 1.165) is 4.88 Å². The molecule has 0 radical (unpaired) electrons. The highest BCUT2D eigenvalue weighted by molar-refractivity contribution is 7.84. The van der Waals surface area contributed by atoms with Crippen LogP contribution in [0.25, 0.3) is 16.5 Å². The van der Waals surface area contributed by atoms with Gasteiger partial charge in [0.15, 0.2) is 5.69 Å². The normalized spacial score (nSPS) is 18.7. The molecule has 4 aromatic rings. The Labute approximate surface area is 223 Å². The highest BCUT2D eigenvalue weighted by atomic mass is 32.2. The minimum atomic E-state index is -1.38. The van der Waals surface area contributed by atoms with Gasteiger partial charge in [0.25, 0.3) is 0 Å². The number of aromatic hydroxyl groups is 1. The van der Waals surface area contributed by atoms with Crippen molar-refractivity contribution in [2.45, 2.75) is 43.9 Å². The van der Waals surface area contributed by atoms with Crippen molar-refractivity contribution in [2.24, 2.45) is 0 Å². The van der Waals surface area contributed by atoms with Gasteiger partial charge in [0, 0.05) is 54.1 Å². The molecule has 13 heteroatoms. The molecule has 10 nitrogen and oxygen atoms in total. The number of ether oxygens (including phenoxy) is 1. The number of nitrogens with zero attached hydrogens (tertiary/aromatic N) is 5. The molecule has 0 bridgehead atoms. The maximum atomic E-state index is 13.7. The monoisotopic (exact) mass is 559 g/mol. The zero-order chi connectivity index (χ0) is 27.1. The zero-order valence-electron chi connectivity index (χ0n) is 21.0. The fraction of sp³-hybridized carbons (Fsp3) is 0.360. The van der Waals surface area contributed by atoms with E-state index in [0.29, 0.717) is 35.0 Å². The van der Waals surface area contributed by atoms with Gasteiger partial charge in [0.05, 0.1) is 23.0 Å². The number of imidazole rings is 1. The summed E-state index contributed by atoms with van der Waals surface area (Å²) >= 11 is 1.21. The van der Waals surface area contributed by atoms with E-state index in [1.807, 2.05) is 13.8 Å². The van der Waals surface area contributed by atoms with E-state index >= 15 is 0 Å². The van der Waals surface area contributed by atoms with Crippen LogP contribution < -0.4 is 5.56 Å². The van der Waals surface area contributed by atoms with Crippen LogP contribution in [0.15, 0.2) is 46.5 Å². The van der Waals surface area contributed by atoms with Gasteiger partial charge < -0.3 is 19.3 Å². The lowest BCUT2D eigenvalue weighted by atomic mass is 10.1. The Kier molecular flexibility index (Phi) is 7.16. The number of benzene rings is 1. The number of rotatable bonds is 6. The summed E-state index contributed by atoms with van der Waals surface area (Å²) < 4.78 is 34.2. The minimum Gasteiger partial charge on any atom is -0.501 e. The van der Waals surface area contributed by atoms with Gasteiger partial charge in [0.2, 0.25) is 17.4 Å². The van der Waals surface area contributed by atoms with Crippen LogP contribution in [0.4, 0.5) is 4.39 Å². The number of carbonyl (C=O) groups is 1. The first-order valence-electron chi connectivity index (χ1n) is 11.9. The summed E-state index contributed by atoms with van der Waals surface area (Å²) in [5.74, 6) is -0.954. The highest BCUT2D eigenvalue weighted by Gasteiger charge is 2.27. The summed E-state index contributed by atoms with van der Waals surface area (Å²) in [6.07, 6.45) is 6.30. The predicted octanol–water partition coefficient (Wildman–Crippen LogP) is 2.43. The molecule has 1 amide bonds. The van der Waals surface area contributed by atoms with Gasteiger partial charge in [-0.05, 0) is 31.5 Å². The topological polar surface area (TPSA) is 119 Å². The minimum absolute atomic E-state index is 0.00524. The van der Waals surface area contributed by atoms with E-state index in [1.165, 1.54) is 40.3 Å². The van der Waals surface area contributed by atoms with E-state index in [9.17, 15) is 23.3 Å². The van der Waals surface area contributed by atoms with Crippen LogP contribution >= 0.6 is 11.3 Å². The van der Waals surface area contributed by atoms with Crippen molar-refractivity contribution in [2.75, 3.05) is 19.3 Å². The Hall–Kier alpha value is -3.42. The number of halogens is 1. The molecule has 0 spiro atoms. The number of thiazole rings is 1. The van der Waals surface area contributed by atoms with Crippen LogP contribution in [0, 0.1) is 5.82 Å². The fourth-order valence-corrected chi connectivity index (χ4v) is 6.31. The van der Waals surface area contributed by atoms with Gasteiger partial charge in [-0.2, -0.15) is 0 Å². The maximum absolute atomic E-state index is 13.7. The summed E-state index contributed by atoms with van der Waals surface area (Å²) in [5.41, 5.74) is 0.0173. The van der Waals surface area contributed by atoms with E-state index in [-0.39, 0.29) is 36.1 Å². The second-order valence-corrected chi connectivity index (χ2v) is 11.7. The van der Waals surface area contributed by atoms with Crippen LogP contribution in [0.1, 0.15) is 24.3 Å². The van der Waals surface area contributed by atoms with Crippen molar-refractivity contribution in [1.82, 2.24) is 23.8 Å². The summed E-state index contributed by atoms with van der Waals surface area (Å²) in [7, 11) is -1.38. The van der Waals surface area contributed by atoms with E-state index in [1.54, 1.807) is 27.9 Å². The lowest BCUT2D eigenvalue weighted by molar-refractivity contribution is -0.143. The van der Waals surface area contributed by atoms with Gasteiger partial charge in [-0.3, -0.25) is 13.8 Å². The van der Waals surface area contributed by atoms with Crippen molar-refractivity contribution < 1.29 is 23.2 Å². The number of amides is 1. The summed E-state index contributed by atoms with van der Waals surface area (Å²) in [6.45, 7) is 4.75. The van der Waals surface area contributed by atoms with Crippen LogP contribution in [0.2, 0.25) is 0 Å². The number of hydrogen-bond acceptors (Lipinski definition) is 8. The van der Waals surface area contributed by atoms with Crippen LogP contribution in [0.5, 0.6) is 5.75 Å². The smallest absolute Gasteiger partial charge is 0.302 e. The molecule has 4 heterocycles. The Bertz CT molecular complexity index is 1600. The van der Waals surface area contributed by atoms with E-state index in [2.05, 4.69) is 9.97 Å². The number of carbonyl (C=O) groups excluding carboxylic acids is 1. The van der Waals surface area contributed by atoms with Crippen molar-refractivity contribution in [1.29, 1.82) is 0 Å². The molecule has 1 saturated heterocycles. The van der Waals surface area contributed by atoms with Gasteiger partial charge in [-0.15, -0.1) is 11.3 Å². The molecule has 1 aromatic carbocycles. The van der Waals surface area contributed by atoms with Crippen molar-refractivity contribution in [3.63, 3.8) is 0 Å². The number of hydrogen-bond donors (Lipinski definition) is 1. The SMILES string of the molecule is C[C@@H]1CN(C(=O)Cn2ccn3c(=O)c(O)c(-c4ncc(Cc5ccc(F)cc5S(C)=O)s4)nc23)C[C@@H](C)O1. The van der Waals surface area contributed by atoms with Gasteiger partial charge in [-0.1, -0.05) is 6.07 Å². The molecule has 3 aromatic heterocycles. The molecule has 1 aliphatic rings. The first-order chi connectivity index (χ1) is 18.1. The Morgan fingerprint density at radius 1 is 1.26 bits per heavy atom. The second kappa shape index (κ2) is 10.4. The molecule has 38 heavy (non-hydrogen) atoms. The molecule has 0 aliphatic carbocycles. The number of aromatic nitrogens is 4. The second-order valence-electron chi connectivity index (χ2n) is 9.28. The first-order valence-corrected chi connectivity index (χ1v) is 14.3. The largest absolute Gasteiger partial charge is 0.501 e. The molecule has 1 unspecified atom stereocenters.